The molecule has 0 bridgehead atoms. The van der Waals surface area contributed by atoms with Crippen molar-refractivity contribution in [2.75, 3.05) is 7.11 Å². The van der Waals surface area contributed by atoms with E-state index in [1.165, 1.54) is 39.2 Å². The molecular weight excluding hydrogens is 384 g/mol. The van der Waals surface area contributed by atoms with Crippen LogP contribution in [0.5, 0.6) is 5.75 Å². The second-order valence-electron chi connectivity index (χ2n) is 7.33. The van der Waals surface area contributed by atoms with Crippen molar-refractivity contribution < 1.29 is 27.4 Å². The predicted octanol–water partition coefficient (Wildman–Crippen LogP) is 5.84. The van der Waals surface area contributed by atoms with E-state index < -0.39 is 35.9 Å². The number of alkyl halides is 3. The molecule has 7 heteroatoms. The average molecular weight is 406 g/mol. The highest BCUT2D eigenvalue weighted by Gasteiger charge is 2.56. The van der Waals surface area contributed by atoms with Crippen molar-refractivity contribution in [1.29, 1.82) is 0 Å². The van der Waals surface area contributed by atoms with Gasteiger partial charge in [0.2, 0.25) is 0 Å². The minimum Gasteiger partial charge on any atom is -0.496 e. The van der Waals surface area contributed by atoms with Gasteiger partial charge in [-0.05, 0) is 48.4 Å². The van der Waals surface area contributed by atoms with Crippen molar-refractivity contribution in [3.63, 3.8) is 0 Å². The number of ether oxygens (including phenoxy) is 1. The maximum absolute atomic E-state index is 13.8. The highest BCUT2D eigenvalue weighted by atomic mass is 35.5. The van der Waals surface area contributed by atoms with Crippen LogP contribution in [0.2, 0.25) is 0 Å². The minimum atomic E-state index is -4.90. The number of allylic oxidation sites excluding steroid dienone is 3. The van der Waals surface area contributed by atoms with E-state index >= 15 is 0 Å². The molecule has 2 nitrogen and oxygen atoms in total. The molecule has 0 aromatic heterocycles. The van der Waals surface area contributed by atoms with Gasteiger partial charge in [0.05, 0.1) is 7.11 Å². The molecule has 0 fully saturated rings. The van der Waals surface area contributed by atoms with Crippen LogP contribution in [-0.2, 0) is 5.41 Å². The van der Waals surface area contributed by atoms with Crippen LogP contribution in [0.15, 0.2) is 41.0 Å². The summed E-state index contributed by atoms with van der Waals surface area (Å²) in [5.74, 6) is -0.332. The Hall–Kier alpha value is -1.53. The molecule has 1 aromatic carbocycles. The van der Waals surface area contributed by atoms with Gasteiger partial charge in [0.25, 0.3) is 0 Å². The van der Waals surface area contributed by atoms with Crippen LogP contribution >= 0.6 is 11.6 Å². The standard InChI is InChI=1S/C20H22ClF4O2/c1-18(2,15-10-14(22)8-9-17(15)27-3)12-19(26,20(23,24)25)11-13-6-4-5-7-16(13)21/h5-10,26H,4,11-12H2,1-3H3. The Morgan fingerprint density at radius 3 is 2.44 bits per heavy atom. The van der Waals surface area contributed by atoms with E-state index in [4.69, 9.17) is 16.3 Å². The number of rotatable bonds is 6. The number of benzene rings is 1. The second-order valence-corrected chi connectivity index (χ2v) is 7.73. The summed E-state index contributed by atoms with van der Waals surface area (Å²) in [5.41, 5.74) is -3.78. The first-order valence-corrected chi connectivity index (χ1v) is 8.79. The molecule has 149 valence electrons. The lowest BCUT2D eigenvalue weighted by atomic mass is 9.72. The Labute approximate surface area is 161 Å². The van der Waals surface area contributed by atoms with E-state index in [9.17, 15) is 22.7 Å². The molecule has 0 spiro atoms. The monoisotopic (exact) mass is 405 g/mol. The summed E-state index contributed by atoms with van der Waals surface area (Å²) >= 11 is 6.01. The maximum atomic E-state index is 13.8. The first-order valence-electron chi connectivity index (χ1n) is 8.41. The third kappa shape index (κ3) is 4.85. The van der Waals surface area contributed by atoms with Crippen molar-refractivity contribution in [1.82, 2.24) is 0 Å². The highest BCUT2D eigenvalue weighted by Crippen LogP contribution is 2.47. The largest absolute Gasteiger partial charge is 0.496 e. The third-order valence-corrected chi connectivity index (χ3v) is 5.08. The molecule has 1 N–H and O–H groups in total. The number of methoxy groups -OCH3 is 1. The van der Waals surface area contributed by atoms with E-state index in [2.05, 4.69) is 0 Å². The zero-order chi connectivity index (χ0) is 20.5. The Kier molecular flexibility index (Phi) is 6.32. The lowest BCUT2D eigenvalue weighted by Gasteiger charge is -2.39. The van der Waals surface area contributed by atoms with E-state index in [0.717, 1.165) is 6.07 Å². The van der Waals surface area contributed by atoms with Gasteiger partial charge in [0.1, 0.15) is 11.6 Å². The fourth-order valence-electron chi connectivity index (χ4n) is 3.36. The molecular formula is C20H22ClF4O2. The average Bonchev–Trinajstić information content (AvgIpc) is 2.55. The lowest BCUT2D eigenvalue weighted by molar-refractivity contribution is -0.266. The van der Waals surface area contributed by atoms with Gasteiger partial charge in [-0.3, -0.25) is 0 Å². The van der Waals surface area contributed by atoms with Crippen LogP contribution < -0.4 is 4.74 Å². The molecule has 0 saturated carbocycles. The van der Waals surface area contributed by atoms with Crippen molar-refractivity contribution >= 4 is 11.6 Å². The molecule has 1 atom stereocenters. The van der Waals surface area contributed by atoms with Gasteiger partial charge in [-0.2, -0.15) is 13.2 Å². The van der Waals surface area contributed by atoms with E-state index in [0.29, 0.717) is 6.42 Å². The van der Waals surface area contributed by atoms with Crippen LogP contribution in [0.1, 0.15) is 38.7 Å². The topological polar surface area (TPSA) is 29.5 Å². The van der Waals surface area contributed by atoms with Gasteiger partial charge < -0.3 is 9.84 Å². The van der Waals surface area contributed by atoms with Crippen molar-refractivity contribution in [2.24, 2.45) is 0 Å². The number of hydrogen-bond donors (Lipinski definition) is 1. The Morgan fingerprint density at radius 1 is 1.22 bits per heavy atom. The van der Waals surface area contributed by atoms with Crippen LogP contribution in [-0.4, -0.2) is 24.0 Å². The van der Waals surface area contributed by atoms with E-state index in [-0.39, 0.29) is 21.9 Å². The van der Waals surface area contributed by atoms with Gasteiger partial charge in [0, 0.05) is 17.0 Å². The molecule has 1 aromatic rings. The van der Waals surface area contributed by atoms with Crippen LogP contribution in [0.4, 0.5) is 17.6 Å². The Bertz CT molecular complexity index is 753. The van der Waals surface area contributed by atoms with Gasteiger partial charge in [-0.25, -0.2) is 4.39 Å². The SMILES string of the molecule is COc1ccc(F)cc1C(C)(C)CC(O)(CC1=CC[CH]C=C1Cl)C(F)(F)F. The Balaban J connectivity index is 2.42. The molecule has 1 radical (unpaired) electrons. The minimum absolute atomic E-state index is 0.171. The number of hydrogen-bond acceptors (Lipinski definition) is 2. The lowest BCUT2D eigenvalue weighted by Crippen LogP contribution is -2.49. The summed E-state index contributed by atoms with van der Waals surface area (Å²) in [4.78, 5) is 0. The van der Waals surface area contributed by atoms with Crippen molar-refractivity contribution in [3.05, 3.63) is 58.8 Å². The number of aliphatic hydroxyl groups is 1. The number of halogens is 5. The summed E-state index contributed by atoms with van der Waals surface area (Å²) in [6.07, 6.45) is -1.01. The molecule has 2 rings (SSSR count). The molecule has 1 aliphatic carbocycles. The zero-order valence-corrected chi connectivity index (χ0v) is 16.1. The van der Waals surface area contributed by atoms with Crippen LogP contribution in [0, 0.1) is 12.2 Å². The summed E-state index contributed by atoms with van der Waals surface area (Å²) in [7, 11) is 1.36. The molecule has 1 aliphatic rings. The first kappa shape index (κ1) is 21.8. The third-order valence-electron chi connectivity index (χ3n) is 4.71. The summed E-state index contributed by atoms with van der Waals surface area (Å²) in [6.45, 7) is 3.03. The highest BCUT2D eigenvalue weighted by molar-refractivity contribution is 6.32. The molecule has 0 amide bonds. The van der Waals surface area contributed by atoms with Crippen LogP contribution in [0.25, 0.3) is 0 Å². The fraction of sp³-hybridized carbons (Fsp3) is 0.450. The maximum Gasteiger partial charge on any atom is 0.417 e. The predicted molar refractivity (Wildman–Crippen MR) is 97.2 cm³/mol. The molecule has 0 heterocycles. The fourth-order valence-corrected chi connectivity index (χ4v) is 3.59. The first-order chi connectivity index (χ1) is 12.4. The zero-order valence-electron chi connectivity index (χ0n) is 15.3. The van der Waals surface area contributed by atoms with Gasteiger partial charge in [-0.1, -0.05) is 37.6 Å². The molecule has 0 aliphatic heterocycles. The quantitative estimate of drug-likeness (QED) is 0.602. The molecule has 0 saturated heterocycles. The smallest absolute Gasteiger partial charge is 0.417 e. The normalized spacial score (nSPS) is 17.8. The molecule has 1 unspecified atom stereocenters. The van der Waals surface area contributed by atoms with Gasteiger partial charge in [-0.15, -0.1) is 0 Å². The van der Waals surface area contributed by atoms with E-state index in [1.807, 2.05) is 0 Å². The van der Waals surface area contributed by atoms with Crippen molar-refractivity contribution in [2.45, 2.75) is 50.3 Å². The summed E-state index contributed by atoms with van der Waals surface area (Å²) in [6, 6.07) is 3.66. The van der Waals surface area contributed by atoms with E-state index in [1.54, 1.807) is 12.5 Å². The van der Waals surface area contributed by atoms with Crippen LogP contribution in [0.3, 0.4) is 0 Å². The summed E-state index contributed by atoms with van der Waals surface area (Å²) in [5, 5.41) is 10.8. The van der Waals surface area contributed by atoms with Gasteiger partial charge >= 0.3 is 6.18 Å². The summed E-state index contributed by atoms with van der Waals surface area (Å²) < 4.78 is 60.4. The Morgan fingerprint density at radius 2 is 1.89 bits per heavy atom. The second kappa shape index (κ2) is 7.84. The van der Waals surface area contributed by atoms with Crippen molar-refractivity contribution in [3.8, 4) is 5.75 Å². The van der Waals surface area contributed by atoms with Gasteiger partial charge in [0.15, 0.2) is 5.60 Å². The molecule has 27 heavy (non-hydrogen) atoms.